The van der Waals surface area contributed by atoms with Gasteiger partial charge in [-0.15, -0.1) is 0 Å². The Labute approximate surface area is 171 Å². The quantitative estimate of drug-likeness (QED) is 0.475. The summed E-state index contributed by atoms with van der Waals surface area (Å²) in [5, 5.41) is 6.54. The number of benzene rings is 2. The Morgan fingerprint density at radius 2 is 1.86 bits per heavy atom. The zero-order valence-electron chi connectivity index (χ0n) is 16.4. The summed E-state index contributed by atoms with van der Waals surface area (Å²) in [5.41, 5.74) is 2.20. The molecule has 0 spiro atoms. The molecule has 2 aliphatic rings. The van der Waals surface area contributed by atoms with Crippen molar-refractivity contribution in [1.82, 2.24) is 15.4 Å². The molecule has 1 heterocycles. The first-order valence-corrected chi connectivity index (χ1v) is 11.3. The number of nitrogens with zero attached hydrogens (tertiary/aromatic N) is 1. The van der Waals surface area contributed by atoms with Crippen LogP contribution in [0.25, 0.3) is 0 Å². The lowest BCUT2D eigenvalue weighted by Crippen LogP contribution is -2.41. The molecular weight excluding hydrogens is 388 g/mol. The van der Waals surface area contributed by atoms with Gasteiger partial charge in [0.25, 0.3) is 0 Å². The average Bonchev–Trinajstić information content (AvgIpc) is 3.42. The second-order valence-electron chi connectivity index (χ2n) is 7.40. The highest BCUT2D eigenvalue weighted by atomic mass is 32.2. The van der Waals surface area contributed by atoms with Gasteiger partial charge in [0, 0.05) is 26.1 Å². The topological polar surface area (TPSA) is 91.8 Å². The number of hydrogen-bond acceptors (Lipinski definition) is 4. The Morgan fingerprint density at radius 3 is 2.55 bits per heavy atom. The number of ether oxygens (including phenoxy) is 1. The molecule has 0 amide bonds. The molecule has 3 N–H and O–H groups in total. The fraction of sp³-hybridized carbons (Fsp3) is 0.381. The van der Waals surface area contributed by atoms with Gasteiger partial charge in [-0.3, -0.25) is 4.99 Å². The third-order valence-corrected chi connectivity index (χ3v) is 6.56. The van der Waals surface area contributed by atoms with Gasteiger partial charge in [0.05, 0.1) is 11.4 Å². The van der Waals surface area contributed by atoms with E-state index in [0.29, 0.717) is 23.9 Å². The molecule has 1 atom stereocenters. The first kappa shape index (κ1) is 19.7. The molecule has 0 bridgehead atoms. The summed E-state index contributed by atoms with van der Waals surface area (Å²) in [6.45, 7) is 1.19. The number of hydrogen-bond donors (Lipinski definition) is 3. The van der Waals surface area contributed by atoms with Crippen molar-refractivity contribution in [3.63, 3.8) is 0 Å². The van der Waals surface area contributed by atoms with Gasteiger partial charge in [-0.2, -0.15) is 0 Å². The average molecular weight is 415 g/mol. The first-order valence-electron chi connectivity index (χ1n) is 9.84. The highest BCUT2D eigenvalue weighted by molar-refractivity contribution is 7.89. The van der Waals surface area contributed by atoms with Gasteiger partial charge in [-0.05, 0) is 42.2 Å². The summed E-state index contributed by atoms with van der Waals surface area (Å²) >= 11 is 0. The smallest absolute Gasteiger partial charge is 0.240 e. The minimum Gasteiger partial charge on any atom is -0.488 e. The minimum absolute atomic E-state index is 0.0782. The summed E-state index contributed by atoms with van der Waals surface area (Å²) in [7, 11) is -1.69. The van der Waals surface area contributed by atoms with E-state index in [0.717, 1.165) is 30.6 Å². The van der Waals surface area contributed by atoms with E-state index in [2.05, 4.69) is 26.4 Å². The van der Waals surface area contributed by atoms with Crippen LogP contribution in [-0.2, 0) is 23.0 Å². The van der Waals surface area contributed by atoms with E-state index in [9.17, 15) is 8.42 Å². The zero-order valence-corrected chi connectivity index (χ0v) is 17.2. The maximum absolute atomic E-state index is 12.2. The lowest BCUT2D eigenvalue weighted by Gasteiger charge is -2.16. The predicted molar refractivity (Wildman–Crippen MR) is 113 cm³/mol. The molecule has 4 rings (SSSR count). The molecule has 154 valence electrons. The normalized spacial score (nSPS) is 18.8. The van der Waals surface area contributed by atoms with E-state index in [1.807, 2.05) is 30.3 Å². The van der Waals surface area contributed by atoms with Crippen molar-refractivity contribution >= 4 is 16.0 Å². The molecule has 1 saturated carbocycles. The molecule has 1 unspecified atom stereocenters. The van der Waals surface area contributed by atoms with Crippen molar-refractivity contribution in [2.75, 3.05) is 13.6 Å². The summed E-state index contributed by atoms with van der Waals surface area (Å²) in [4.78, 5) is 4.54. The van der Waals surface area contributed by atoms with Crippen LogP contribution >= 0.6 is 0 Å². The Balaban J connectivity index is 1.25. The van der Waals surface area contributed by atoms with Crippen molar-refractivity contribution < 1.29 is 13.2 Å². The van der Waals surface area contributed by atoms with E-state index in [1.165, 1.54) is 5.56 Å². The van der Waals surface area contributed by atoms with Crippen LogP contribution in [-0.4, -0.2) is 40.1 Å². The highest BCUT2D eigenvalue weighted by Crippen LogP contribution is 2.27. The molecule has 2 aromatic carbocycles. The van der Waals surface area contributed by atoms with Gasteiger partial charge in [0.2, 0.25) is 10.0 Å². The molecular formula is C21H26N4O3S. The Hall–Kier alpha value is -2.58. The zero-order chi connectivity index (χ0) is 20.3. The van der Waals surface area contributed by atoms with Crippen LogP contribution in [0.2, 0.25) is 0 Å². The van der Waals surface area contributed by atoms with Gasteiger partial charge in [0.1, 0.15) is 11.9 Å². The van der Waals surface area contributed by atoms with E-state index in [1.54, 1.807) is 19.2 Å². The fourth-order valence-electron chi connectivity index (χ4n) is 3.26. The second kappa shape index (κ2) is 8.42. The Kier molecular flexibility index (Phi) is 5.73. The van der Waals surface area contributed by atoms with Crippen LogP contribution in [0.1, 0.15) is 24.0 Å². The Morgan fingerprint density at radius 1 is 1.10 bits per heavy atom. The van der Waals surface area contributed by atoms with Gasteiger partial charge >= 0.3 is 0 Å². The molecule has 8 heteroatoms. The number of nitrogens with one attached hydrogen (secondary N) is 3. The van der Waals surface area contributed by atoms with E-state index < -0.39 is 10.0 Å². The second-order valence-corrected chi connectivity index (χ2v) is 9.11. The maximum atomic E-state index is 12.2. The molecule has 1 aliphatic carbocycles. The lowest BCUT2D eigenvalue weighted by molar-refractivity contribution is 0.235. The van der Waals surface area contributed by atoms with E-state index in [-0.39, 0.29) is 12.1 Å². The lowest BCUT2D eigenvalue weighted by atomic mass is 10.1. The van der Waals surface area contributed by atoms with Crippen molar-refractivity contribution in [1.29, 1.82) is 0 Å². The molecule has 1 aliphatic heterocycles. The standard InChI is InChI=1S/C21H26N4O3S/c1-22-21(24-14-18-12-16-4-2-3-5-20(16)28-18)23-13-15-6-10-19(11-7-15)29(26,27)25-17-8-9-17/h2-7,10-11,17-18,25H,8-9,12-14H2,1H3,(H2,22,23,24). The monoisotopic (exact) mass is 414 g/mol. The molecule has 29 heavy (non-hydrogen) atoms. The minimum atomic E-state index is -3.41. The van der Waals surface area contributed by atoms with Gasteiger partial charge < -0.3 is 15.4 Å². The van der Waals surface area contributed by atoms with Crippen LogP contribution in [0.4, 0.5) is 0 Å². The summed E-state index contributed by atoms with van der Waals surface area (Å²) < 4.78 is 33.1. The van der Waals surface area contributed by atoms with Crippen molar-refractivity contribution in [2.24, 2.45) is 4.99 Å². The number of sulfonamides is 1. The van der Waals surface area contributed by atoms with Crippen LogP contribution < -0.4 is 20.1 Å². The first-order chi connectivity index (χ1) is 14.0. The molecule has 0 saturated heterocycles. The number of guanidine groups is 1. The van der Waals surface area contributed by atoms with Gasteiger partial charge in [-0.25, -0.2) is 13.1 Å². The van der Waals surface area contributed by atoms with Gasteiger partial charge in [-0.1, -0.05) is 30.3 Å². The summed E-state index contributed by atoms with van der Waals surface area (Å²) in [6, 6.07) is 15.1. The number of fused-ring (bicyclic) bond motifs is 1. The van der Waals surface area contributed by atoms with Crippen LogP contribution in [0.3, 0.4) is 0 Å². The largest absolute Gasteiger partial charge is 0.488 e. The molecule has 1 fully saturated rings. The van der Waals surface area contributed by atoms with Crippen molar-refractivity contribution in [3.8, 4) is 5.75 Å². The number of para-hydroxylation sites is 1. The molecule has 7 nitrogen and oxygen atoms in total. The summed E-state index contributed by atoms with van der Waals surface area (Å²) in [6.07, 6.45) is 2.80. The third-order valence-electron chi connectivity index (χ3n) is 5.03. The number of rotatable bonds is 7. The Bertz CT molecular complexity index is 960. The molecule has 2 aromatic rings. The van der Waals surface area contributed by atoms with Crippen LogP contribution in [0, 0.1) is 0 Å². The van der Waals surface area contributed by atoms with E-state index >= 15 is 0 Å². The van der Waals surface area contributed by atoms with Crippen molar-refractivity contribution in [3.05, 3.63) is 59.7 Å². The van der Waals surface area contributed by atoms with Crippen LogP contribution in [0.15, 0.2) is 58.4 Å². The number of aliphatic imine (C=N–C) groups is 1. The molecule has 0 radical (unpaired) electrons. The van der Waals surface area contributed by atoms with Gasteiger partial charge in [0.15, 0.2) is 5.96 Å². The molecule has 0 aromatic heterocycles. The predicted octanol–water partition coefficient (Wildman–Crippen LogP) is 1.80. The maximum Gasteiger partial charge on any atom is 0.240 e. The fourth-order valence-corrected chi connectivity index (χ4v) is 4.56. The summed E-state index contributed by atoms with van der Waals surface area (Å²) in [5.74, 6) is 1.63. The third kappa shape index (κ3) is 5.07. The van der Waals surface area contributed by atoms with E-state index in [4.69, 9.17) is 4.74 Å². The van der Waals surface area contributed by atoms with Crippen LogP contribution in [0.5, 0.6) is 5.75 Å². The SMILES string of the molecule is CN=C(NCc1ccc(S(=O)(=O)NC2CC2)cc1)NCC1Cc2ccccc2O1. The van der Waals surface area contributed by atoms with Crippen molar-refractivity contribution in [2.45, 2.75) is 42.8 Å². The highest BCUT2D eigenvalue weighted by Gasteiger charge is 2.27.